The third-order valence-electron chi connectivity index (χ3n) is 6.32. The number of carbonyl (C=O) groups is 1. The molecular weight excluding hydrogens is 485 g/mol. The van der Waals surface area contributed by atoms with Crippen LogP contribution >= 0.6 is 0 Å². The van der Waals surface area contributed by atoms with E-state index in [2.05, 4.69) is 10.3 Å². The van der Waals surface area contributed by atoms with Gasteiger partial charge in [-0.2, -0.15) is 13.2 Å². The molecule has 0 atom stereocenters. The summed E-state index contributed by atoms with van der Waals surface area (Å²) in [6.45, 7) is 1.46. The van der Waals surface area contributed by atoms with E-state index in [1.165, 1.54) is 24.3 Å². The summed E-state index contributed by atoms with van der Waals surface area (Å²) < 4.78 is 53.8. The lowest BCUT2D eigenvalue weighted by Gasteiger charge is -2.23. The number of pyridine rings is 1. The summed E-state index contributed by atoms with van der Waals surface area (Å²) in [5, 5.41) is 3.31. The summed E-state index contributed by atoms with van der Waals surface area (Å²) >= 11 is 0. The number of piperidine rings is 1. The average Bonchev–Trinajstić information content (AvgIpc) is 3.31. The quantitative estimate of drug-likeness (QED) is 0.372. The third kappa shape index (κ3) is 5.39. The van der Waals surface area contributed by atoms with Crippen LogP contribution in [0, 0.1) is 0 Å². The van der Waals surface area contributed by atoms with Crippen molar-refractivity contribution in [2.75, 3.05) is 13.1 Å². The lowest BCUT2D eigenvalue weighted by Crippen LogP contribution is -2.34. The molecule has 5 rings (SSSR count). The van der Waals surface area contributed by atoms with Crippen LogP contribution in [0.5, 0.6) is 11.5 Å². The second-order valence-electron chi connectivity index (χ2n) is 8.82. The van der Waals surface area contributed by atoms with Gasteiger partial charge in [-0.25, -0.2) is 4.98 Å². The zero-order chi connectivity index (χ0) is 26.0. The molecule has 3 heterocycles. The first-order valence-electron chi connectivity index (χ1n) is 11.9. The maximum atomic E-state index is 13.4. The molecule has 4 aromatic rings. The number of halogens is 3. The highest BCUT2D eigenvalue weighted by molar-refractivity contribution is 5.96. The van der Waals surface area contributed by atoms with Gasteiger partial charge in [0, 0.05) is 23.4 Å². The Morgan fingerprint density at radius 3 is 2.65 bits per heavy atom. The van der Waals surface area contributed by atoms with Gasteiger partial charge >= 0.3 is 6.18 Å². The number of benzene rings is 2. The maximum Gasteiger partial charge on any atom is 0.416 e. The molecule has 3 N–H and O–H groups in total. The summed E-state index contributed by atoms with van der Waals surface area (Å²) in [7, 11) is 0. The second kappa shape index (κ2) is 10.1. The first kappa shape index (κ1) is 24.6. The number of primary amides is 1. The van der Waals surface area contributed by atoms with Crippen molar-refractivity contribution in [3.8, 4) is 22.8 Å². The van der Waals surface area contributed by atoms with Crippen molar-refractivity contribution in [3.63, 3.8) is 0 Å². The number of hydrogen-bond donors (Lipinski definition) is 2. The molecule has 1 amide bonds. The van der Waals surface area contributed by atoms with Crippen molar-refractivity contribution in [1.82, 2.24) is 14.7 Å². The van der Waals surface area contributed by atoms with Crippen molar-refractivity contribution in [3.05, 3.63) is 83.7 Å². The number of imidazole rings is 1. The highest BCUT2D eigenvalue weighted by atomic mass is 19.4. The number of carbonyl (C=O) groups excluding carboxylic acids is 1. The van der Waals surface area contributed by atoms with E-state index in [4.69, 9.17) is 15.2 Å². The molecule has 1 saturated heterocycles. The Morgan fingerprint density at radius 2 is 1.89 bits per heavy atom. The van der Waals surface area contributed by atoms with Crippen molar-refractivity contribution in [1.29, 1.82) is 0 Å². The van der Waals surface area contributed by atoms with Gasteiger partial charge in [-0.1, -0.05) is 24.3 Å². The third-order valence-corrected chi connectivity index (χ3v) is 6.32. The summed E-state index contributed by atoms with van der Waals surface area (Å²) in [5.74, 6) is 0.0688. The van der Waals surface area contributed by atoms with Crippen molar-refractivity contribution < 1.29 is 27.4 Å². The molecule has 0 bridgehead atoms. The van der Waals surface area contributed by atoms with Gasteiger partial charge in [0.15, 0.2) is 0 Å². The molecule has 0 saturated carbocycles. The van der Waals surface area contributed by atoms with Crippen LogP contribution in [-0.2, 0) is 12.8 Å². The largest absolute Gasteiger partial charge is 0.490 e. The molecule has 37 heavy (non-hydrogen) atoms. The van der Waals surface area contributed by atoms with Crippen LogP contribution in [0.4, 0.5) is 13.2 Å². The Kier molecular flexibility index (Phi) is 6.75. The summed E-state index contributed by atoms with van der Waals surface area (Å²) in [6.07, 6.45) is 1.02. The average molecular weight is 511 g/mol. The molecule has 0 radical (unpaired) electrons. The smallest absolute Gasteiger partial charge is 0.416 e. The fourth-order valence-corrected chi connectivity index (χ4v) is 4.44. The number of amides is 1. The standard InChI is InChI=1S/C27H25F3N4O3/c28-27(29,30)22-4-2-1-3-18(22)16-36-24-13-17(5-6-21(24)26(31)35)23-15-33-25-14-20(9-12-34(23)25)37-19-7-10-32-11-8-19/h1-6,9,12-15,19,32H,7-8,10-11,16H2,(H2,31,35). The molecule has 0 unspecified atom stereocenters. The first-order valence-corrected chi connectivity index (χ1v) is 11.9. The molecule has 10 heteroatoms. The Balaban J connectivity index is 1.42. The minimum atomic E-state index is -4.53. The van der Waals surface area contributed by atoms with E-state index < -0.39 is 17.6 Å². The zero-order valence-electron chi connectivity index (χ0n) is 19.8. The summed E-state index contributed by atoms with van der Waals surface area (Å²) in [6, 6.07) is 13.6. The van der Waals surface area contributed by atoms with Crippen molar-refractivity contribution >= 4 is 11.6 Å². The van der Waals surface area contributed by atoms with Crippen LogP contribution < -0.4 is 20.5 Å². The van der Waals surface area contributed by atoms with E-state index in [1.54, 1.807) is 18.3 Å². The van der Waals surface area contributed by atoms with Crippen molar-refractivity contribution in [2.45, 2.75) is 31.7 Å². The van der Waals surface area contributed by atoms with Gasteiger partial charge < -0.3 is 20.5 Å². The Labute approximate surface area is 211 Å². The number of nitrogens with two attached hydrogens (primary N) is 1. The maximum absolute atomic E-state index is 13.4. The van der Waals surface area contributed by atoms with Crippen LogP contribution in [0.15, 0.2) is 67.0 Å². The van der Waals surface area contributed by atoms with Gasteiger partial charge in [0.2, 0.25) is 0 Å². The molecule has 1 fully saturated rings. The number of fused-ring (bicyclic) bond motifs is 1. The van der Waals surface area contributed by atoms with Gasteiger partial charge in [0.1, 0.15) is 29.9 Å². The number of rotatable bonds is 7. The SMILES string of the molecule is NC(=O)c1ccc(-c2cnc3cc(OC4CCNCC4)ccn23)cc1OCc1ccccc1C(F)(F)F. The molecule has 1 aliphatic rings. The number of nitrogens with zero attached hydrogens (tertiary/aromatic N) is 2. The molecule has 0 aliphatic carbocycles. The normalized spacial score (nSPS) is 14.6. The fraction of sp³-hybridized carbons (Fsp3) is 0.259. The predicted molar refractivity (Wildman–Crippen MR) is 131 cm³/mol. The van der Waals surface area contributed by atoms with Crippen LogP contribution in [0.1, 0.15) is 34.3 Å². The lowest BCUT2D eigenvalue weighted by atomic mass is 10.1. The van der Waals surface area contributed by atoms with E-state index >= 15 is 0 Å². The highest BCUT2D eigenvalue weighted by Gasteiger charge is 2.33. The van der Waals surface area contributed by atoms with Crippen LogP contribution in [0.2, 0.25) is 0 Å². The predicted octanol–water partition coefficient (Wildman–Crippen LogP) is 4.83. The molecule has 0 spiro atoms. The Bertz CT molecular complexity index is 1430. The lowest BCUT2D eigenvalue weighted by molar-refractivity contribution is -0.138. The minimum Gasteiger partial charge on any atom is -0.490 e. The van der Waals surface area contributed by atoms with Crippen LogP contribution in [0.25, 0.3) is 16.9 Å². The summed E-state index contributed by atoms with van der Waals surface area (Å²) in [4.78, 5) is 16.5. The zero-order valence-corrected chi connectivity index (χ0v) is 19.8. The molecule has 2 aromatic heterocycles. The topological polar surface area (TPSA) is 90.9 Å². The van der Waals surface area contributed by atoms with E-state index in [0.717, 1.165) is 37.7 Å². The highest BCUT2D eigenvalue weighted by Crippen LogP contribution is 2.34. The van der Waals surface area contributed by atoms with Crippen LogP contribution in [0.3, 0.4) is 0 Å². The molecule has 7 nitrogen and oxygen atoms in total. The summed E-state index contributed by atoms with van der Waals surface area (Å²) in [5.41, 5.74) is 6.76. The molecular formula is C27H25F3N4O3. The van der Waals surface area contributed by atoms with Gasteiger partial charge in [0.25, 0.3) is 5.91 Å². The van der Waals surface area contributed by atoms with Crippen LogP contribution in [-0.4, -0.2) is 34.5 Å². The minimum absolute atomic E-state index is 0.0492. The fourth-order valence-electron chi connectivity index (χ4n) is 4.44. The molecule has 2 aromatic carbocycles. The number of nitrogens with one attached hydrogen (secondary N) is 1. The van der Waals surface area contributed by atoms with E-state index in [9.17, 15) is 18.0 Å². The number of hydrogen-bond acceptors (Lipinski definition) is 5. The number of alkyl halides is 3. The van der Waals surface area contributed by atoms with E-state index in [-0.39, 0.29) is 29.6 Å². The van der Waals surface area contributed by atoms with Gasteiger partial charge in [0.05, 0.1) is 23.0 Å². The number of ether oxygens (including phenoxy) is 2. The monoisotopic (exact) mass is 510 g/mol. The van der Waals surface area contributed by atoms with E-state index in [1.807, 2.05) is 22.7 Å². The van der Waals surface area contributed by atoms with Crippen molar-refractivity contribution in [2.24, 2.45) is 5.73 Å². The van der Waals surface area contributed by atoms with Gasteiger partial charge in [-0.3, -0.25) is 9.20 Å². The number of aromatic nitrogens is 2. The Hall–Kier alpha value is -4.05. The van der Waals surface area contributed by atoms with E-state index in [0.29, 0.717) is 16.9 Å². The van der Waals surface area contributed by atoms with Gasteiger partial charge in [-0.05, 0) is 50.2 Å². The second-order valence-corrected chi connectivity index (χ2v) is 8.82. The van der Waals surface area contributed by atoms with Gasteiger partial charge in [-0.15, -0.1) is 0 Å². The molecule has 1 aliphatic heterocycles. The Morgan fingerprint density at radius 1 is 1.11 bits per heavy atom. The molecule has 192 valence electrons. The first-order chi connectivity index (χ1) is 17.8.